The fourth-order valence-electron chi connectivity index (χ4n) is 5.67. The van der Waals surface area contributed by atoms with Gasteiger partial charge in [0.25, 0.3) is 11.8 Å². The molecule has 2 atom stereocenters. The number of piperidine rings is 1. The molecule has 226 valence electrons. The molecule has 2 aromatic heterocycles. The molecule has 4 aromatic rings. The van der Waals surface area contributed by atoms with Gasteiger partial charge in [-0.1, -0.05) is 30.3 Å². The summed E-state index contributed by atoms with van der Waals surface area (Å²) in [6, 6.07) is 17.8. The van der Waals surface area contributed by atoms with E-state index < -0.39 is 29.7 Å². The molecule has 4 heterocycles. The number of imide groups is 2. The molecule has 6 rings (SSSR count). The van der Waals surface area contributed by atoms with Crippen LogP contribution in [0.5, 0.6) is 0 Å². The number of para-hydroxylation sites is 1. The van der Waals surface area contributed by atoms with Crippen molar-refractivity contribution in [2.45, 2.75) is 37.8 Å². The molecular formula is C33H33N5O6. The highest BCUT2D eigenvalue weighted by Crippen LogP contribution is 2.32. The number of carbonyl (C=O) groups excluding carboxylic acids is 4. The molecule has 11 nitrogen and oxygen atoms in total. The Balaban J connectivity index is 0.955. The minimum absolute atomic E-state index is 0.0828. The monoisotopic (exact) mass is 595 g/mol. The lowest BCUT2D eigenvalue weighted by Gasteiger charge is -2.27. The number of nitrogens with one attached hydrogen (secondary N) is 3. The van der Waals surface area contributed by atoms with Crippen molar-refractivity contribution in [2.75, 3.05) is 31.6 Å². The van der Waals surface area contributed by atoms with E-state index in [1.54, 1.807) is 24.4 Å². The van der Waals surface area contributed by atoms with Crippen LogP contribution in [-0.2, 0) is 14.3 Å². The van der Waals surface area contributed by atoms with E-state index in [0.717, 1.165) is 40.0 Å². The second kappa shape index (κ2) is 13.2. The Morgan fingerprint density at radius 3 is 2.68 bits per heavy atom. The van der Waals surface area contributed by atoms with E-state index >= 15 is 0 Å². The lowest BCUT2D eigenvalue weighted by atomic mass is 10.0. The van der Waals surface area contributed by atoms with Crippen LogP contribution in [0.15, 0.2) is 77.5 Å². The molecule has 44 heavy (non-hydrogen) atoms. The van der Waals surface area contributed by atoms with Crippen LogP contribution in [0.3, 0.4) is 0 Å². The summed E-state index contributed by atoms with van der Waals surface area (Å²) in [5.74, 6) is -1.25. The van der Waals surface area contributed by atoms with Crippen LogP contribution in [0.2, 0.25) is 0 Å². The first-order chi connectivity index (χ1) is 21.5. The van der Waals surface area contributed by atoms with E-state index in [4.69, 9.17) is 9.15 Å². The number of rotatable bonds is 13. The van der Waals surface area contributed by atoms with Gasteiger partial charge in [0.15, 0.2) is 0 Å². The van der Waals surface area contributed by atoms with Crippen molar-refractivity contribution < 1.29 is 28.3 Å². The fraction of sp³-hybridized carbons (Fsp3) is 0.303. The number of hydrogen-bond donors (Lipinski definition) is 3. The highest BCUT2D eigenvalue weighted by atomic mass is 16.5. The lowest BCUT2D eigenvalue weighted by Crippen LogP contribution is -2.54. The number of amides is 4. The summed E-state index contributed by atoms with van der Waals surface area (Å²) in [4.78, 5) is 55.4. The Morgan fingerprint density at radius 1 is 0.977 bits per heavy atom. The third-order valence-corrected chi connectivity index (χ3v) is 7.84. The number of unbranched alkanes of at least 4 members (excludes halogenated alkanes) is 1. The Bertz CT molecular complexity index is 1650. The summed E-state index contributed by atoms with van der Waals surface area (Å²) in [5, 5.41) is 10.1. The summed E-state index contributed by atoms with van der Waals surface area (Å²) in [5.41, 5.74) is 2.91. The zero-order chi connectivity index (χ0) is 30.5. The van der Waals surface area contributed by atoms with Crippen LogP contribution in [0, 0.1) is 0 Å². The molecule has 0 radical (unpaired) electrons. The molecule has 1 fully saturated rings. The first kappa shape index (κ1) is 29.2. The van der Waals surface area contributed by atoms with Crippen LogP contribution >= 0.6 is 0 Å². The standard InChI is InChI=1S/C33H33N5O6/c39-28-13-12-25(31(40)37-28)38-32(41)23-9-5-10-24(29(23)33(38)42)35-15-3-4-17-43-18-16-36-30(22-8-6-14-34-20-22)27-19-21-7-1-2-11-26(21)44-27/h1-2,5-11,14,19-20,25,30,35-36H,3-4,12-13,15-18H2,(H,37,39,40). The van der Waals surface area contributed by atoms with Gasteiger partial charge in [0, 0.05) is 49.6 Å². The van der Waals surface area contributed by atoms with E-state index in [1.807, 2.05) is 48.7 Å². The van der Waals surface area contributed by atoms with Crippen molar-refractivity contribution in [3.8, 4) is 0 Å². The number of hydrogen-bond acceptors (Lipinski definition) is 9. The summed E-state index contributed by atoms with van der Waals surface area (Å²) >= 11 is 0. The molecule has 11 heteroatoms. The quantitative estimate of drug-likeness (QED) is 0.155. The molecule has 0 saturated carbocycles. The number of anilines is 1. The van der Waals surface area contributed by atoms with Gasteiger partial charge in [-0.3, -0.25) is 34.4 Å². The molecule has 2 aromatic carbocycles. The van der Waals surface area contributed by atoms with E-state index in [9.17, 15) is 19.2 Å². The van der Waals surface area contributed by atoms with Gasteiger partial charge in [0.2, 0.25) is 11.8 Å². The zero-order valence-corrected chi connectivity index (χ0v) is 24.1. The number of ether oxygens (including phenoxy) is 1. The highest BCUT2D eigenvalue weighted by molar-refractivity contribution is 6.25. The normalized spacial score (nSPS) is 17.2. The van der Waals surface area contributed by atoms with Crippen LogP contribution < -0.4 is 16.0 Å². The fourth-order valence-corrected chi connectivity index (χ4v) is 5.67. The molecule has 2 unspecified atom stereocenters. The smallest absolute Gasteiger partial charge is 0.264 e. The third-order valence-electron chi connectivity index (χ3n) is 7.84. The number of pyridine rings is 1. The summed E-state index contributed by atoms with van der Waals surface area (Å²) in [6.07, 6.45) is 5.37. The van der Waals surface area contributed by atoms with Crippen LogP contribution in [0.4, 0.5) is 5.69 Å². The Kier molecular flexibility index (Phi) is 8.76. The predicted molar refractivity (Wildman–Crippen MR) is 162 cm³/mol. The summed E-state index contributed by atoms with van der Waals surface area (Å²) < 4.78 is 12.0. The van der Waals surface area contributed by atoms with E-state index in [2.05, 4.69) is 20.9 Å². The van der Waals surface area contributed by atoms with Crippen LogP contribution in [0.1, 0.15) is 63.8 Å². The maximum absolute atomic E-state index is 13.2. The average molecular weight is 596 g/mol. The number of furan rings is 1. The number of carbonyl (C=O) groups is 4. The minimum Gasteiger partial charge on any atom is -0.459 e. The highest BCUT2D eigenvalue weighted by Gasteiger charge is 2.45. The number of nitrogens with zero attached hydrogens (tertiary/aromatic N) is 2. The average Bonchev–Trinajstić information content (AvgIpc) is 3.57. The van der Waals surface area contributed by atoms with Gasteiger partial charge in [0.05, 0.1) is 23.8 Å². The van der Waals surface area contributed by atoms with Crippen molar-refractivity contribution in [2.24, 2.45) is 0 Å². The predicted octanol–water partition coefficient (Wildman–Crippen LogP) is 3.82. The maximum Gasteiger partial charge on any atom is 0.264 e. The number of fused-ring (bicyclic) bond motifs is 2. The Labute approximate surface area is 254 Å². The van der Waals surface area contributed by atoms with Gasteiger partial charge in [-0.25, -0.2) is 0 Å². The molecule has 1 saturated heterocycles. The van der Waals surface area contributed by atoms with E-state index in [-0.39, 0.29) is 30.0 Å². The largest absolute Gasteiger partial charge is 0.459 e. The van der Waals surface area contributed by atoms with E-state index in [1.165, 1.54) is 0 Å². The van der Waals surface area contributed by atoms with Crippen molar-refractivity contribution in [1.82, 2.24) is 20.5 Å². The van der Waals surface area contributed by atoms with Crippen molar-refractivity contribution >= 4 is 40.3 Å². The lowest BCUT2D eigenvalue weighted by molar-refractivity contribution is -0.136. The van der Waals surface area contributed by atoms with Crippen molar-refractivity contribution in [3.63, 3.8) is 0 Å². The van der Waals surface area contributed by atoms with Crippen molar-refractivity contribution in [3.05, 3.63) is 95.5 Å². The molecule has 0 aliphatic carbocycles. The minimum atomic E-state index is -0.988. The van der Waals surface area contributed by atoms with Gasteiger partial charge in [0.1, 0.15) is 17.4 Å². The third kappa shape index (κ3) is 6.10. The van der Waals surface area contributed by atoms with Gasteiger partial charge < -0.3 is 19.8 Å². The second-order valence-electron chi connectivity index (χ2n) is 10.8. The SMILES string of the molecule is O=C1CCC(N2C(=O)c3cccc(NCCCCOCCNC(c4cccnc4)c4cc5ccccc5o4)c3C2=O)C(=O)N1. The molecule has 2 aliphatic rings. The maximum atomic E-state index is 13.2. The van der Waals surface area contributed by atoms with Gasteiger partial charge in [-0.2, -0.15) is 0 Å². The molecule has 3 N–H and O–H groups in total. The Morgan fingerprint density at radius 2 is 1.86 bits per heavy atom. The van der Waals surface area contributed by atoms with Crippen molar-refractivity contribution in [1.29, 1.82) is 0 Å². The summed E-state index contributed by atoms with van der Waals surface area (Å²) in [6.45, 7) is 2.28. The second-order valence-corrected chi connectivity index (χ2v) is 10.8. The molecule has 4 amide bonds. The van der Waals surface area contributed by atoms with Crippen LogP contribution in [0.25, 0.3) is 11.0 Å². The van der Waals surface area contributed by atoms with Gasteiger partial charge in [-0.05, 0) is 55.2 Å². The summed E-state index contributed by atoms with van der Waals surface area (Å²) in [7, 11) is 0. The molecule has 0 bridgehead atoms. The number of benzene rings is 2. The van der Waals surface area contributed by atoms with Gasteiger partial charge in [-0.15, -0.1) is 0 Å². The zero-order valence-electron chi connectivity index (χ0n) is 24.1. The topological polar surface area (TPSA) is 143 Å². The first-order valence-corrected chi connectivity index (χ1v) is 14.8. The number of aromatic nitrogens is 1. The molecule has 0 spiro atoms. The van der Waals surface area contributed by atoms with Crippen LogP contribution in [-0.4, -0.2) is 65.9 Å². The van der Waals surface area contributed by atoms with Gasteiger partial charge >= 0.3 is 0 Å². The van der Waals surface area contributed by atoms with E-state index in [0.29, 0.717) is 32.0 Å². The Hall–Kier alpha value is -4.87. The molecular weight excluding hydrogens is 562 g/mol. The molecule has 2 aliphatic heterocycles. The first-order valence-electron chi connectivity index (χ1n) is 14.8.